The van der Waals surface area contributed by atoms with Gasteiger partial charge in [-0.3, -0.25) is 4.79 Å². The van der Waals surface area contributed by atoms with E-state index in [-0.39, 0.29) is 17.1 Å². The van der Waals surface area contributed by atoms with Crippen LogP contribution in [0.1, 0.15) is 5.56 Å². The zero-order chi connectivity index (χ0) is 13.1. The number of rotatable bonds is 3. The first-order chi connectivity index (χ1) is 8.59. The van der Waals surface area contributed by atoms with Gasteiger partial charge in [-0.25, -0.2) is 9.37 Å². The van der Waals surface area contributed by atoms with Crippen LogP contribution in [0, 0.1) is 5.82 Å². The van der Waals surface area contributed by atoms with E-state index in [0.717, 1.165) is 0 Å². The largest absolute Gasteiger partial charge is 0.481 e. The van der Waals surface area contributed by atoms with Crippen molar-refractivity contribution >= 4 is 17.6 Å². The van der Waals surface area contributed by atoms with Gasteiger partial charge in [0.05, 0.1) is 6.42 Å². The molecule has 18 heavy (non-hydrogen) atoms. The number of hydrogen-bond donors (Lipinski definition) is 1. The molecule has 0 aliphatic heterocycles. The van der Waals surface area contributed by atoms with Crippen LogP contribution < -0.4 is 0 Å². The van der Waals surface area contributed by atoms with Gasteiger partial charge in [-0.2, -0.15) is 0 Å². The van der Waals surface area contributed by atoms with Crippen molar-refractivity contribution in [1.82, 2.24) is 4.98 Å². The lowest BCUT2D eigenvalue weighted by Gasteiger charge is -2.10. The minimum absolute atomic E-state index is 0.0962. The molecule has 0 aliphatic carbocycles. The Morgan fingerprint density at radius 2 is 2.06 bits per heavy atom. The molecule has 2 rings (SSSR count). The molecule has 1 aromatic heterocycles. The molecular formula is C13H9ClFNO2. The summed E-state index contributed by atoms with van der Waals surface area (Å²) in [5.41, 5.74) is 1.03. The van der Waals surface area contributed by atoms with E-state index < -0.39 is 11.8 Å². The van der Waals surface area contributed by atoms with Crippen molar-refractivity contribution < 1.29 is 14.3 Å². The van der Waals surface area contributed by atoms with Gasteiger partial charge in [0, 0.05) is 17.3 Å². The number of carbonyl (C=O) groups is 1. The van der Waals surface area contributed by atoms with Gasteiger partial charge in [-0.15, -0.1) is 0 Å². The summed E-state index contributed by atoms with van der Waals surface area (Å²) in [5.74, 6) is -1.46. The second-order valence-corrected chi connectivity index (χ2v) is 4.04. The fourth-order valence-electron chi connectivity index (χ4n) is 1.73. The molecule has 0 aliphatic rings. The summed E-state index contributed by atoms with van der Waals surface area (Å²) in [6, 6.07) is 7.58. The molecule has 0 radical (unpaired) electrons. The fourth-order valence-corrected chi connectivity index (χ4v) is 2.01. The van der Waals surface area contributed by atoms with Gasteiger partial charge < -0.3 is 5.11 Å². The lowest BCUT2D eigenvalue weighted by molar-refractivity contribution is -0.136. The van der Waals surface area contributed by atoms with E-state index in [1.807, 2.05) is 0 Å². The van der Waals surface area contributed by atoms with Crippen LogP contribution in [0.25, 0.3) is 11.1 Å². The maximum atomic E-state index is 13.7. The number of halogens is 2. The van der Waals surface area contributed by atoms with Crippen LogP contribution in [0.2, 0.25) is 5.15 Å². The van der Waals surface area contributed by atoms with Gasteiger partial charge in [0.2, 0.25) is 0 Å². The highest BCUT2D eigenvalue weighted by Crippen LogP contribution is 2.31. The molecule has 0 fully saturated rings. The molecule has 0 spiro atoms. The number of carboxylic acids is 1. The number of hydrogen-bond acceptors (Lipinski definition) is 2. The van der Waals surface area contributed by atoms with Crippen LogP contribution in [-0.4, -0.2) is 16.1 Å². The van der Waals surface area contributed by atoms with Crippen molar-refractivity contribution in [1.29, 1.82) is 0 Å². The molecule has 1 N–H and O–H groups in total. The average Bonchev–Trinajstić information content (AvgIpc) is 2.30. The van der Waals surface area contributed by atoms with Gasteiger partial charge in [-0.1, -0.05) is 29.8 Å². The molecular weight excluding hydrogens is 257 g/mol. The van der Waals surface area contributed by atoms with Crippen molar-refractivity contribution in [3.63, 3.8) is 0 Å². The summed E-state index contributed by atoms with van der Waals surface area (Å²) in [4.78, 5) is 14.7. The number of pyridine rings is 1. The quantitative estimate of drug-likeness (QED) is 0.867. The van der Waals surface area contributed by atoms with Gasteiger partial charge in [0.15, 0.2) is 0 Å². The zero-order valence-electron chi connectivity index (χ0n) is 9.23. The summed E-state index contributed by atoms with van der Waals surface area (Å²) in [6.45, 7) is 0. The smallest absolute Gasteiger partial charge is 0.307 e. The monoisotopic (exact) mass is 265 g/mol. The summed E-state index contributed by atoms with van der Waals surface area (Å²) < 4.78 is 13.7. The first-order valence-electron chi connectivity index (χ1n) is 5.19. The highest BCUT2D eigenvalue weighted by atomic mass is 35.5. The lowest BCUT2D eigenvalue weighted by atomic mass is 9.99. The molecule has 2 aromatic rings. The van der Waals surface area contributed by atoms with Crippen molar-refractivity contribution in [2.75, 3.05) is 0 Å². The van der Waals surface area contributed by atoms with Crippen LogP contribution in [0.3, 0.4) is 0 Å². The van der Waals surface area contributed by atoms with Crippen LogP contribution in [0.4, 0.5) is 4.39 Å². The third-order valence-electron chi connectivity index (χ3n) is 2.48. The summed E-state index contributed by atoms with van der Waals surface area (Å²) >= 11 is 5.95. The Bertz CT molecular complexity index is 601. The third kappa shape index (κ3) is 2.49. The van der Waals surface area contributed by atoms with Gasteiger partial charge in [0.1, 0.15) is 11.0 Å². The predicted octanol–water partition coefficient (Wildman–Crippen LogP) is 3.17. The van der Waals surface area contributed by atoms with E-state index in [4.69, 9.17) is 16.7 Å². The molecule has 0 unspecified atom stereocenters. The molecule has 0 bridgehead atoms. The molecule has 1 heterocycles. The Labute approximate surface area is 108 Å². The molecule has 92 valence electrons. The van der Waals surface area contributed by atoms with Crippen molar-refractivity contribution in [2.24, 2.45) is 0 Å². The lowest BCUT2D eigenvalue weighted by Crippen LogP contribution is -2.03. The van der Waals surface area contributed by atoms with E-state index in [2.05, 4.69) is 4.98 Å². The highest BCUT2D eigenvalue weighted by Gasteiger charge is 2.15. The normalized spacial score (nSPS) is 10.3. The molecule has 0 saturated heterocycles. The van der Waals surface area contributed by atoms with Crippen molar-refractivity contribution in [3.8, 4) is 11.1 Å². The van der Waals surface area contributed by atoms with E-state index in [9.17, 15) is 9.18 Å². The second kappa shape index (κ2) is 5.14. The van der Waals surface area contributed by atoms with Crippen LogP contribution in [0.15, 0.2) is 36.5 Å². The maximum absolute atomic E-state index is 13.7. The Morgan fingerprint density at radius 1 is 1.33 bits per heavy atom. The average molecular weight is 266 g/mol. The fraction of sp³-hybridized carbons (Fsp3) is 0.0769. The first kappa shape index (κ1) is 12.5. The minimum atomic E-state index is -1.00. The molecule has 5 heteroatoms. The SMILES string of the molecule is O=C(O)Cc1ccnc(Cl)c1-c1ccccc1F. The van der Waals surface area contributed by atoms with E-state index >= 15 is 0 Å². The molecule has 0 amide bonds. The standard InChI is InChI=1S/C13H9ClFNO2/c14-13-12(9-3-1-2-4-10(9)15)8(5-6-16-13)7-11(17)18/h1-6H,7H2,(H,17,18). The highest BCUT2D eigenvalue weighted by molar-refractivity contribution is 6.32. The number of aromatic nitrogens is 1. The Kier molecular flexibility index (Phi) is 3.58. The van der Waals surface area contributed by atoms with Crippen LogP contribution in [0.5, 0.6) is 0 Å². The summed E-state index contributed by atoms with van der Waals surface area (Å²) in [7, 11) is 0. The maximum Gasteiger partial charge on any atom is 0.307 e. The topological polar surface area (TPSA) is 50.2 Å². The van der Waals surface area contributed by atoms with Gasteiger partial charge >= 0.3 is 5.97 Å². The molecule has 3 nitrogen and oxygen atoms in total. The van der Waals surface area contributed by atoms with Crippen molar-refractivity contribution in [3.05, 3.63) is 53.1 Å². The molecule has 1 aromatic carbocycles. The number of aliphatic carboxylic acids is 1. The Balaban J connectivity index is 2.62. The Hall–Kier alpha value is -1.94. The third-order valence-corrected chi connectivity index (χ3v) is 2.76. The summed E-state index contributed by atoms with van der Waals surface area (Å²) in [5, 5.41) is 8.94. The second-order valence-electron chi connectivity index (χ2n) is 3.69. The first-order valence-corrected chi connectivity index (χ1v) is 5.57. The van der Waals surface area contributed by atoms with Crippen molar-refractivity contribution in [2.45, 2.75) is 6.42 Å². The van der Waals surface area contributed by atoms with Crippen LogP contribution in [-0.2, 0) is 11.2 Å². The molecule has 0 atom stereocenters. The van der Waals surface area contributed by atoms with Crippen LogP contribution >= 0.6 is 11.6 Å². The predicted molar refractivity (Wildman–Crippen MR) is 66.0 cm³/mol. The Morgan fingerprint density at radius 3 is 2.72 bits per heavy atom. The molecule has 0 saturated carbocycles. The van der Waals surface area contributed by atoms with Gasteiger partial charge in [0.25, 0.3) is 0 Å². The van der Waals surface area contributed by atoms with E-state index in [1.165, 1.54) is 18.3 Å². The number of nitrogens with zero attached hydrogens (tertiary/aromatic N) is 1. The minimum Gasteiger partial charge on any atom is -0.481 e. The zero-order valence-corrected chi connectivity index (χ0v) is 9.99. The van der Waals surface area contributed by atoms with E-state index in [0.29, 0.717) is 11.1 Å². The number of carboxylic acid groups (broad SMARTS) is 1. The van der Waals surface area contributed by atoms with E-state index in [1.54, 1.807) is 18.2 Å². The summed E-state index contributed by atoms with van der Waals surface area (Å²) in [6.07, 6.45) is 1.18. The number of benzene rings is 1. The van der Waals surface area contributed by atoms with Gasteiger partial charge in [-0.05, 0) is 17.7 Å².